The Morgan fingerprint density at radius 2 is 1.84 bits per heavy atom. The third-order valence-electron chi connectivity index (χ3n) is 2.94. The quantitative estimate of drug-likeness (QED) is 0.726. The van der Waals surface area contributed by atoms with Crippen LogP contribution in [0.3, 0.4) is 0 Å². The van der Waals surface area contributed by atoms with Crippen LogP contribution in [0, 0.1) is 0 Å². The third kappa shape index (κ3) is 5.66. The fourth-order valence-electron chi connectivity index (χ4n) is 1.83. The molecule has 1 amide bonds. The number of hydrogen-bond donors (Lipinski definition) is 1. The number of likely N-dealkylation sites (N-methyl/N-ethyl adjacent to an activating group) is 2. The molecule has 1 N–H and O–H groups in total. The standard InChI is InChI=1S/C15H22N2O2/c1-3-16-15(19)12-17(4-2)11-10-14(18)13-8-6-5-7-9-13/h5-9H,3-4,10-12H2,1-2H3,(H,16,19). The van der Waals surface area contributed by atoms with Gasteiger partial charge in [-0.05, 0) is 13.5 Å². The van der Waals surface area contributed by atoms with Gasteiger partial charge in [-0.3, -0.25) is 14.5 Å². The molecule has 19 heavy (non-hydrogen) atoms. The van der Waals surface area contributed by atoms with E-state index >= 15 is 0 Å². The van der Waals surface area contributed by atoms with E-state index in [0.29, 0.717) is 26.1 Å². The molecular formula is C15H22N2O2. The molecule has 0 unspecified atom stereocenters. The molecule has 0 fully saturated rings. The van der Waals surface area contributed by atoms with Crippen molar-refractivity contribution in [3.63, 3.8) is 0 Å². The highest BCUT2D eigenvalue weighted by Crippen LogP contribution is 2.04. The van der Waals surface area contributed by atoms with Crippen molar-refractivity contribution in [2.24, 2.45) is 0 Å². The lowest BCUT2D eigenvalue weighted by Gasteiger charge is -2.19. The van der Waals surface area contributed by atoms with Crippen LogP contribution in [0.4, 0.5) is 0 Å². The Kier molecular flexibility index (Phi) is 6.82. The third-order valence-corrected chi connectivity index (χ3v) is 2.94. The summed E-state index contributed by atoms with van der Waals surface area (Å²) >= 11 is 0. The van der Waals surface area contributed by atoms with Gasteiger partial charge in [-0.25, -0.2) is 0 Å². The van der Waals surface area contributed by atoms with Crippen molar-refractivity contribution in [2.45, 2.75) is 20.3 Å². The number of nitrogens with zero attached hydrogens (tertiary/aromatic N) is 1. The topological polar surface area (TPSA) is 49.4 Å². The van der Waals surface area contributed by atoms with E-state index < -0.39 is 0 Å². The predicted molar refractivity (Wildman–Crippen MR) is 76.2 cm³/mol. The summed E-state index contributed by atoms with van der Waals surface area (Å²) in [5, 5.41) is 2.76. The summed E-state index contributed by atoms with van der Waals surface area (Å²) in [6.07, 6.45) is 0.442. The summed E-state index contributed by atoms with van der Waals surface area (Å²) in [7, 11) is 0. The minimum atomic E-state index is 0.0107. The second-order valence-electron chi connectivity index (χ2n) is 4.36. The zero-order valence-corrected chi connectivity index (χ0v) is 11.7. The van der Waals surface area contributed by atoms with Gasteiger partial charge in [0.2, 0.25) is 5.91 Å². The smallest absolute Gasteiger partial charge is 0.234 e. The summed E-state index contributed by atoms with van der Waals surface area (Å²) in [5.74, 6) is 0.131. The van der Waals surface area contributed by atoms with Gasteiger partial charge in [-0.15, -0.1) is 0 Å². The average molecular weight is 262 g/mol. The molecular weight excluding hydrogens is 240 g/mol. The van der Waals surface area contributed by atoms with Crippen LogP contribution >= 0.6 is 0 Å². The van der Waals surface area contributed by atoms with Crippen LogP contribution in [-0.4, -0.2) is 42.8 Å². The lowest BCUT2D eigenvalue weighted by Crippen LogP contribution is -2.38. The van der Waals surface area contributed by atoms with Crippen LogP contribution in [0.1, 0.15) is 30.6 Å². The van der Waals surface area contributed by atoms with E-state index in [9.17, 15) is 9.59 Å². The maximum absolute atomic E-state index is 11.9. The molecule has 1 rings (SSSR count). The SMILES string of the molecule is CCNC(=O)CN(CC)CCC(=O)c1ccccc1. The van der Waals surface area contributed by atoms with E-state index in [-0.39, 0.29) is 11.7 Å². The molecule has 0 aliphatic heterocycles. The molecule has 104 valence electrons. The molecule has 0 saturated carbocycles. The Hall–Kier alpha value is -1.68. The molecule has 4 nitrogen and oxygen atoms in total. The van der Waals surface area contributed by atoms with Crippen LogP contribution in [0.25, 0.3) is 0 Å². The number of benzene rings is 1. The van der Waals surface area contributed by atoms with Gasteiger partial charge in [-0.1, -0.05) is 37.3 Å². The van der Waals surface area contributed by atoms with Crippen molar-refractivity contribution >= 4 is 11.7 Å². The lowest BCUT2D eigenvalue weighted by molar-refractivity contribution is -0.122. The summed E-state index contributed by atoms with van der Waals surface area (Å²) in [6, 6.07) is 9.26. The first-order valence-corrected chi connectivity index (χ1v) is 6.74. The Morgan fingerprint density at radius 3 is 2.42 bits per heavy atom. The van der Waals surface area contributed by atoms with Crippen LogP contribution < -0.4 is 5.32 Å². The van der Waals surface area contributed by atoms with Crippen LogP contribution in [-0.2, 0) is 4.79 Å². The Labute approximate surface area is 114 Å². The fourth-order valence-corrected chi connectivity index (χ4v) is 1.83. The molecule has 1 aromatic carbocycles. The van der Waals surface area contributed by atoms with Crippen LogP contribution in [0.5, 0.6) is 0 Å². The number of Topliss-reactive ketones (excluding diaryl/α,β-unsaturated/α-hetero) is 1. The maximum atomic E-state index is 11.9. The van der Waals surface area contributed by atoms with Gasteiger partial charge in [0.05, 0.1) is 6.54 Å². The fraction of sp³-hybridized carbons (Fsp3) is 0.467. The predicted octanol–water partition coefficient (Wildman–Crippen LogP) is 1.72. The normalized spacial score (nSPS) is 10.5. The van der Waals surface area contributed by atoms with E-state index in [2.05, 4.69) is 5.32 Å². The van der Waals surface area contributed by atoms with Crippen molar-refractivity contribution in [2.75, 3.05) is 26.2 Å². The molecule has 0 heterocycles. The number of carbonyl (C=O) groups is 2. The summed E-state index contributed by atoms with van der Waals surface area (Å²) in [6.45, 7) is 6.26. The monoisotopic (exact) mass is 262 g/mol. The largest absolute Gasteiger partial charge is 0.355 e. The number of nitrogens with one attached hydrogen (secondary N) is 1. The second kappa shape index (κ2) is 8.43. The van der Waals surface area contributed by atoms with E-state index in [4.69, 9.17) is 0 Å². The average Bonchev–Trinajstić information content (AvgIpc) is 2.44. The van der Waals surface area contributed by atoms with E-state index in [1.54, 1.807) is 0 Å². The molecule has 1 aromatic rings. The molecule has 0 saturated heterocycles. The summed E-state index contributed by atoms with van der Waals surface area (Å²) in [5.41, 5.74) is 0.733. The van der Waals surface area contributed by atoms with Crippen molar-refractivity contribution in [3.05, 3.63) is 35.9 Å². The number of carbonyl (C=O) groups excluding carboxylic acids is 2. The van der Waals surface area contributed by atoms with Gasteiger partial charge in [0, 0.05) is 25.1 Å². The lowest BCUT2D eigenvalue weighted by atomic mass is 10.1. The first-order chi connectivity index (χ1) is 9.17. The van der Waals surface area contributed by atoms with Crippen LogP contribution in [0.2, 0.25) is 0 Å². The Balaban J connectivity index is 2.41. The van der Waals surface area contributed by atoms with Gasteiger partial charge in [0.25, 0.3) is 0 Å². The molecule has 0 aliphatic rings. The number of hydrogen-bond acceptors (Lipinski definition) is 3. The molecule has 0 spiro atoms. The molecule has 0 radical (unpaired) electrons. The van der Waals surface area contributed by atoms with Crippen molar-refractivity contribution in [1.29, 1.82) is 0 Å². The van der Waals surface area contributed by atoms with Crippen molar-refractivity contribution < 1.29 is 9.59 Å². The van der Waals surface area contributed by atoms with Crippen molar-refractivity contribution in [3.8, 4) is 0 Å². The van der Waals surface area contributed by atoms with Gasteiger partial charge < -0.3 is 5.32 Å². The zero-order valence-electron chi connectivity index (χ0n) is 11.7. The minimum Gasteiger partial charge on any atom is -0.355 e. The maximum Gasteiger partial charge on any atom is 0.234 e. The van der Waals surface area contributed by atoms with Crippen molar-refractivity contribution in [1.82, 2.24) is 10.2 Å². The van der Waals surface area contributed by atoms with Gasteiger partial charge >= 0.3 is 0 Å². The highest BCUT2D eigenvalue weighted by molar-refractivity contribution is 5.96. The molecule has 4 heteroatoms. The summed E-state index contributed by atoms with van der Waals surface area (Å²) in [4.78, 5) is 25.4. The summed E-state index contributed by atoms with van der Waals surface area (Å²) < 4.78 is 0. The van der Waals surface area contributed by atoms with Gasteiger partial charge in [-0.2, -0.15) is 0 Å². The van der Waals surface area contributed by atoms with E-state index in [1.807, 2.05) is 49.1 Å². The molecule has 0 atom stereocenters. The second-order valence-corrected chi connectivity index (χ2v) is 4.36. The highest BCUT2D eigenvalue weighted by atomic mass is 16.2. The number of ketones is 1. The minimum absolute atomic E-state index is 0.0107. The highest BCUT2D eigenvalue weighted by Gasteiger charge is 2.11. The van der Waals surface area contributed by atoms with Crippen LogP contribution in [0.15, 0.2) is 30.3 Å². The first kappa shape index (κ1) is 15.4. The number of amides is 1. The number of rotatable bonds is 8. The van der Waals surface area contributed by atoms with E-state index in [0.717, 1.165) is 12.1 Å². The molecule has 0 aromatic heterocycles. The molecule has 0 aliphatic carbocycles. The van der Waals surface area contributed by atoms with E-state index in [1.165, 1.54) is 0 Å². The zero-order chi connectivity index (χ0) is 14.1. The Bertz CT molecular complexity index is 404. The van der Waals surface area contributed by atoms with Gasteiger partial charge in [0.1, 0.15) is 0 Å². The van der Waals surface area contributed by atoms with Gasteiger partial charge in [0.15, 0.2) is 5.78 Å². The Morgan fingerprint density at radius 1 is 1.16 bits per heavy atom. The molecule has 0 bridgehead atoms. The first-order valence-electron chi connectivity index (χ1n) is 6.74.